The second-order valence-corrected chi connectivity index (χ2v) is 21.4. The average molecular weight is 927 g/mol. The van der Waals surface area contributed by atoms with Gasteiger partial charge in [-0.05, 0) is 71.6 Å². The Labute approximate surface area is 380 Å². The van der Waals surface area contributed by atoms with Crippen molar-refractivity contribution in [2.24, 2.45) is 22.8 Å². The van der Waals surface area contributed by atoms with Gasteiger partial charge >= 0.3 is 12.1 Å². The molecule has 62 heavy (non-hydrogen) atoms. The first-order valence-electron chi connectivity index (χ1n) is 20.8. The molecule has 1 aromatic rings. The van der Waals surface area contributed by atoms with Crippen LogP contribution in [-0.2, 0) is 39.8 Å². The molecule has 0 unspecified atom stereocenters. The summed E-state index contributed by atoms with van der Waals surface area (Å²) in [6.07, 6.45) is 2.87. The first-order chi connectivity index (χ1) is 28.7. The van der Waals surface area contributed by atoms with E-state index < -0.39 is 64.9 Å². The number of esters is 1. The normalized spacial score (nSPS) is 27.8. The fourth-order valence-electron chi connectivity index (χ4n) is 7.42. The minimum atomic E-state index is -1.89. The predicted molar refractivity (Wildman–Crippen MR) is 246 cm³/mol. The smallest absolute Gasteiger partial charge is 0.409 e. The highest BCUT2D eigenvalue weighted by Crippen LogP contribution is 2.45. The average Bonchev–Trinajstić information content (AvgIpc) is 3.19. The molecule has 348 valence electrons. The van der Waals surface area contributed by atoms with Gasteiger partial charge in [0.1, 0.15) is 35.1 Å². The standard InChI is InChI=1S/C44H68ClN5O10S2/c1-26-15-13-16-33(58-12)44(56)25-32(59-40(55)48-44)27(2)43(8,47)42(6,7)34(24-37(53)50(10)30-22-29(21-26)23-31(57-11)38(30)45)60-39(54)28(3)49(9)36(52)18-19-41(4,5)62-61-20-14-17-35(46)51/h13,15-16,22-23,27-28,32-34,56H,14,17-21,24-25,47H2,1-12H3,(H2,46,51)(H,48,55)/b16-13+,26-15+/t27-,28+,32+,33-,34+,43-,44+/m1/s1. The summed E-state index contributed by atoms with van der Waals surface area (Å²) < 4.78 is 23.1. The van der Waals surface area contributed by atoms with E-state index in [0.29, 0.717) is 37.1 Å². The van der Waals surface area contributed by atoms with Gasteiger partial charge in [0, 0.05) is 67.8 Å². The van der Waals surface area contributed by atoms with E-state index in [1.807, 2.05) is 26.8 Å². The summed E-state index contributed by atoms with van der Waals surface area (Å²) >= 11 is 6.84. The molecule has 6 N–H and O–H groups in total. The fourth-order valence-corrected chi connectivity index (χ4v) is 10.4. The molecule has 0 aromatic heterocycles. The van der Waals surface area contributed by atoms with Crippen molar-refractivity contribution in [3.8, 4) is 5.75 Å². The number of hydrogen-bond acceptors (Lipinski definition) is 13. The van der Waals surface area contributed by atoms with Crippen LogP contribution in [0.2, 0.25) is 5.02 Å². The van der Waals surface area contributed by atoms with E-state index in [4.69, 9.17) is 42.0 Å². The number of allylic oxidation sites excluding steroid dienone is 3. The lowest BCUT2D eigenvalue weighted by Crippen LogP contribution is -2.68. The zero-order valence-electron chi connectivity index (χ0n) is 38.3. The van der Waals surface area contributed by atoms with E-state index in [0.717, 1.165) is 16.9 Å². The van der Waals surface area contributed by atoms with Gasteiger partial charge in [0.2, 0.25) is 17.7 Å². The number of primary amides is 1. The summed E-state index contributed by atoms with van der Waals surface area (Å²) in [4.78, 5) is 69.1. The Morgan fingerprint density at radius 3 is 2.45 bits per heavy atom. The van der Waals surface area contributed by atoms with Crippen LogP contribution in [0.25, 0.3) is 0 Å². The van der Waals surface area contributed by atoms with E-state index in [-0.39, 0.29) is 40.8 Å². The number of alkyl carbamates (subject to hydrolysis) is 1. The number of halogens is 1. The first-order valence-corrected chi connectivity index (χ1v) is 23.5. The van der Waals surface area contributed by atoms with Gasteiger partial charge in [0.25, 0.3) is 0 Å². The molecule has 1 fully saturated rings. The molecule has 2 aliphatic heterocycles. The van der Waals surface area contributed by atoms with Crippen LogP contribution in [0.1, 0.15) is 99.5 Å². The summed E-state index contributed by atoms with van der Waals surface area (Å²) in [5.41, 5.74) is 10.1. The highest BCUT2D eigenvalue weighted by atomic mass is 35.5. The number of carbonyl (C=O) groups excluding carboxylic acids is 5. The van der Waals surface area contributed by atoms with Gasteiger partial charge < -0.3 is 45.3 Å². The van der Waals surface area contributed by atoms with Crippen LogP contribution < -0.4 is 26.4 Å². The molecule has 0 radical (unpaired) electrons. The maximum Gasteiger partial charge on any atom is 0.409 e. The van der Waals surface area contributed by atoms with Crippen molar-refractivity contribution in [2.45, 2.75) is 141 Å². The number of aliphatic hydroxyl groups is 1. The quantitative estimate of drug-likeness (QED) is 0.0917. The molecule has 2 aliphatic rings. The molecule has 4 amide bonds. The van der Waals surface area contributed by atoms with E-state index in [1.165, 1.54) is 31.1 Å². The molecule has 0 aliphatic carbocycles. The lowest BCUT2D eigenvalue weighted by molar-refractivity contribution is -0.172. The van der Waals surface area contributed by atoms with Gasteiger partial charge in [0.15, 0.2) is 5.72 Å². The number of methoxy groups -OCH3 is 2. The van der Waals surface area contributed by atoms with Crippen LogP contribution in [0.15, 0.2) is 35.9 Å². The second-order valence-electron chi connectivity index (χ2n) is 17.9. The highest BCUT2D eigenvalue weighted by Gasteiger charge is 2.55. The van der Waals surface area contributed by atoms with Crippen LogP contribution in [0, 0.1) is 11.3 Å². The number of benzene rings is 1. The minimum absolute atomic E-state index is 0.113. The van der Waals surface area contributed by atoms with Crippen LogP contribution >= 0.6 is 33.2 Å². The van der Waals surface area contributed by atoms with Gasteiger partial charge in [0.05, 0.1) is 19.2 Å². The van der Waals surface area contributed by atoms with Gasteiger partial charge in [-0.15, -0.1) is 0 Å². The Balaban J connectivity index is 2.04. The third kappa shape index (κ3) is 13.3. The summed E-state index contributed by atoms with van der Waals surface area (Å²) in [6.45, 7) is 14.6. The predicted octanol–water partition coefficient (Wildman–Crippen LogP) is 6.31. The Morgan fingerprint density at radius 1 is 1.18 bits per heavy atom. The number of nitrogens with zero attached hydrogens (tertiary/aromatic N) is 2. The van der Waals surface area contributed by atoms with Crippen molar-refractivity contribution >= 4 is 68.7 Å². The zero-order valence-corrected chi connectivity index (χ0v) is 40.7. The number of likely N-dealkylation sites (N-methyl/N-ethyl adjacent to an activating group) is 1. The van der Waals surface area contributed by atoms with Gasteiger partial charge in [-0.3, -0.25) is 19.7 Å². The van der Waals surface area contributed by atoms with Gasteiger partial charge in [-0.2, -0.15) is 0 Å². The van der Waals surface area contributed by atoms with Gasteiger partial charge in [-0.25, -0.2) is 9.59 Å². The molecule has 15 nitrogen and oxygen atoms in total. The maximum absolute atomic E-state index is 14.5. The number of hydrogen-bond donors (Lipinski definition) is 4. The molecule has 0 spiro atoms. The molecule has 18 heteroatoms. The molecule has 1 saturated heterocycles. The van der Waals surface area contributed by atoms with E-state index in [1.54, 1.807) is 87.5 Å². The lowest BCUT2D eigenvalue weighted by Gasteiger charge is -2.52. The third-order valence-corrected chi connectivity index (χ3v) is 16.3. The Bertz CT molecular complexity index is 1860. The van der Waals surface area contributed by atoms with Crippen molar-refractivity contribution in [1.29, 1.82) is 0 Å². The second kappa shape index (κ2) is 21.9. The summed E-state index contributed by atoms with van der Waals surface area (Å²) in [5, 5.41) is 14.7. The van der Waals surface area contributed by atoms with E-state index in [9.17, 15) is 29.1 Å². The Hall–Kier alpha value is -3.48. The van der Waals surface area contributed by atoms with Crippen molar-refractivity contribution in [1.82, 2.24) is 10.2 Å². The fraction of sp³-hybridized carbons (Fsp3) is 0.659. The highest BCUT2D eigenvalue weighted by molar-refractivity contribution is 8.77. The summed E-state index contributed by atoms with van der Waals surface area (Å²) in [7, 11) is 9.26. The SMILES string of the molecule is COc1cc2cc(c1Cl)N(C)C(=O)C[C@H](OC(=O)[C@H](C)N(C)C(=O)CCC(C)(C)SSCCCC(N)=O)C(C)(C)[C@](C)(N)[C@H](C)[C@@H]1C[C@@](O)(NC(=O)O1)[C@H](OC)/C=C/C=C(\C)C2. The Morgan fingerprint density at radius 2 is 1.84 bits per heavy atom. The third-order valence-electron chi connectivity index (χ3n) is 12.5. The van der Waals surface area contributed by atoms with Crippen LogP contribution in [-0.4, -0.2) is 114 Å². The van der Waals surface area contributed by atoms with Crippen molar-refractivity contribution in [2.75, 3.05) is 39.0 Å². The van der Waals surface area contributed by atoms with Crippen molar-refractivity contribution < 1.29 is 48.0 Å². The number of carbonyl (C=O) groups is 5. The molecule has 7 atom stereocenters. The topological polar surface area (TPSA) is 213 Å². The molecular weight excluding hydrogens is 858 g/mol. The molecular formula is C44H68ClN5O10S2. The van der Waals surface area contributed by atoms with Gasteiger partial charge in [-0.1, -0.05) is 77.8 Å². The number of amides is 4. The number of nitrogens with two attached hydrogens (primary N) is 2. The van der Waals surface area contributed by atoms with Crippen LogP contribution in [0.4, 0.5) is 10.5 Å². The molecule has 2 heterocycles. The Kier molecular flexibility index (Phi) is 18.7. The van der Waals surface area contributed by atoms with Crippen LogP contribution in [0.5, 0.6) is 5.75 Å². The first kappa shape index (κ1) is 52.9. The van der Waals surface area contributed by atoms with Crippen molar-refractivity contribution in [3.63, 3.8) is 0 Å². The number of nitrogens with one attached hydrogen (secondary N) is 1. The zero-order chi connectivity index (χ0) is 47.0. The summed E-state index contributed by atoms with van der Waals surface area (Å²) in [6, 6.07) is 2.53. The molecule has 1 aromatic carbocycles. The number of ether oxygens (including phenoxy) is 4. The van der Waals surface area contributed by atoms with Crippen LogP contribution in [0.3, 0.4) is 0 Å². The monoisotopic (exact) mass is 925 g/mol. The molecule has 3 rings (SSSR count). The lowest BCUT2D eigenvalue weighted by atomic mass is 9.61. The largest absolute Gasteiger partial charge is 0.495 e. The minimum Gasteiger partial charge on any atom is -0.495 e. The summed E-state index contributed by atoms with van der Waals surface area (Å²) in [5.74, 6) is -1.42. The van der Waals surface area contributed by atoms with E-state index in [2.05, 4.69) is 5.32 Å². The van der Waals surface area contributed by atoms with Crippen molar-refractivity contribution in [3.05, 3.63) is 46.5 Å². The molecule has 0 saturated carbocycles. The molecule has 4 bridgehead atoms. The number of rotatable bonds is 14. The maximum atomic E-state index is 14.5. The number of anilines is 1. The van der Waals surface area contributed by atoms with E-state index >= 15 is 0 Å². The number of fused-ring (bicyclic) bond motifs is 4.